The van der Waals surface area contributed by atoms with Crippen LogP contribution in [0.3, 0.4) is 0 Å². The van der Waals surface area contributed by atoms with Crippen molar-refractivity contribution in [2.45, 2.75) is 19.0 Å². The zero-order chi connectivity index (χ0) is 15.0. The summed E-state index contributed by atoms with van der Waals surface area (Å²) in [7, 11) is 0. The van der Waals surface area contributed by atoms with Crippen LogP contribution in [0.4, 0.5) is 24.5 Å². The lowest BCUT2D eigenvalue weighted by atomic mass is 9.95. The number of halogens is 4. The molecular formula is C16H18ClF3N2. The molecule has 0 saturated carbocycles. The molecule has 2 nitrogen and oxygen atoms in total. The van der Waals surface area contributed by atoms with Crippen molar-refractivity contribution in [3.8, 4) is 0 Å². The molecule has 120 valence electrons. The van der Waals surface area contributed by atoms with E-state index < -0.39 is 12.1 Å². The van der Waals surface area contributed by atoms with Gasteiger partial charge in [0.2, 0.25) is 0 Å². The predicted molar refractivity (Wildman–Crippen MR) is 86.6 cm³/mol. The number of fused-ring (bicyclic) bond motifs is 1. The van der Waals surface area contributed by atoms with Gasteiger partial charge in [0.25, 0.3) is 0 Å². The molecule has 0 aliphatic carbocycles. The maximum absolute atomic E-state index is 12.7. The van der Waals surface area contributed by atoms with E-state index in [4.69, 9.17) is 5.73 Å². The number of nitrogens with zero attached hydrogens (tertiary/aromatic N) is 1. The van der Waals surface area contributed by atoms with Gasteiger partial charge in [0.05, 0.1) is 5.92 Å². The van der Waals surface area contributed by atoms with Crippen molar-refractivity contribution in [1.82, 2.24) is 0 Å². The van der Waals surface area contributed by atoms with Crippen LogP contribution in [0.5, 0.6) is 0 Å². The molecule has 2 N–H and O–H groups in total. The van der Waals surface area contributed by atoms with Crippen LogP contribution in [-0.4, -0.2) is 19.3 Å². The summed E-state index contributed by atoms with van der Waals surface area (Å²) in [5.41, 5.74) is 7.43. The van der Waals surface area contributed by atoms with E-state index in [1.807, 2.05) is 41.3 Å². The van der Waals surface area contributed by atoms with Gasteiger partial charge < -0.3 is 10.6 Å². The van der Waals surface area contributed by atoms with E-state index in [-0.39, 0.29) is 25.2 Å². The van der Waals surface area contributed by atoms with Crippen LogP contribution in [0.1, 0.15) is 12.8 Å². The first kappa shape index (κ1) is 16.7. The van der Waals surface area contributed by atoms with Gasteiger partial charge >= 0.3 is 6.18 Å². The highest BCUT2D eigenvalue weighted by molar-refractivity contribution is 5.88. The first-order valence-electron chi connectivity index (χ1n) is 7.04. The van der Waals surface area contributed by atoms with E-state index in [2.05, 4.69) is 0 Å². The minimum absolute atomic E-state index is 0. The molecule has 0 atom stereocenters. The van der Waals surface area contributed by atoms with Crippen LogP contribution < -0.4 is 10.6 Å². The third-order valence-electron chi connectivity index (χ3n) is 4.17. The summed E-state index contributed by atoms with van der Waals surface area (Å²) in [6.07, 6.45) is -3.72. The second-order valence-corrected chi connectivity index (χ2v) is 5.59. The first-order chi connectivity index (χ1) is 9.93. The van der Waals surface area contributed by atoms with Crippen LogP contribution in [0.15, 0.2) is 36.4 Å². The molecule has 2 aromatic carbocycles. The summed E-state index contributed by atoms with van der Waals surface area (Å²) in [6.45, 7) is 0.898. The highest BCUT2D eigenvalue weighted by Crippen LogP contribution is 2.35. The monoisotopic (exact) mass is 330 g/mol. The maximum Gasteiger partial charge on any atom is 0.391 e. The molecular weight excluding hydrogens is 313 g/mol. The Morgan fingerprint density at radius 2 is 1.55 bits per heavy atom. The van der Waals surface area contributed by atoms with Crippen LogP contribution in [0, 0.1) is 5.92 Å². The van der Waals surface area contributed by atoms with Gasteiger partial charge in [-0.05, 0) is 47.9 Å². The van der Waals surface area contributed by atoms with Crippen LogP contribution >= 0.6 is 12.4 Å². The Morgan fingerprint density at radius 3 is 2.18 bits per heavy atom. The Bertz CT molecular complexity index is 649. The summed E-state index contributed by atoms with van der Waals surface area (Å²) in [6, 6.07) is 11.6. The Hall–Kier alpha value is -1.62. The van der Waals surface area contributed by atoms with Crippen molar-refractivity contribution in [2.24, 2.45) is 5.92 Å². The largest absolute Gasteiger partial charge is 0.399 e. The number of hydrogen-bond acceptors (Lipinski definition) is 2. The lowest BCUT2D eigenvalue weighted by Crippen LogP contribution is -2.38. The predicted octanol–water partition coefficient (Wildman–Crippen LogP) is 4.62. The number of benzene rings is 2. The smallest absolute Gasteiger partial charge is 0.391 e. The highest BCUT2D eigenvalue weighted by Gasteiger charge is 2.41. The van der Waals surface area contributed by atoms with Crippen LogP contribution in [0.2, 0.25) is 0 Å². The molecule has 6 heteroatoms. The number of alkyl halides is 3. The number of hydrogen-bond donors (Lipinski definition) is 1. The summed E-state index contributed by atoms with van der Waals surface area (Å²) >= 11 is 0. The van der Waals surface area contributed by atoms with Crippen molar-refractivity contribution in [3.63, 3.8) is 0 Å². The van der Waals surface area contributed by atoms with Crippen molar-refractivity contribution >= 4 is 34.6 Å². The van der Waals surface area contributed by atoms with E-state index in [0.717, 1.165) is 16.5 Å². The third kappa shape index (κ3) is 3.40. The molecule has 22 heavy (non-hydrogen) atoms. The Kier molecular flexibility index (Phi) is 4.75. The van der Waals surface area contributed by atoms with Crippen LogP contribution in [-0.2, 0) is 0 Å². The third-order valence-corrected chi connectivity index (χ3v) is 4.17. The maximum atomic E-state index is 12.7. The fourth-order valence-electron chi connectivity index (χ4n) is 2.91. The Morgan fingerprint density at radius 1 is 0.955 bits per heavy atom. The standard InChI is InChI=1S/C16H17F3N2.ClH/c17-16(18,19)13-5-7-21(8-6-13)15-4-2-11-9-14(20)3-1-12(11)10-15;/h1-4,9-10,13H,5-8,20H2;1H. The van der Waals surface area contributed by atoms with E-state index in [1.54, 1.807) is 0 Å². The number of rotatable bonds is 1. The van der Waals surface area contributed by atoms with Crippen LogP contribution in [0.25, 0.3) is 10.8 Å². The summed E-state index contributed by atoms with van der Waals surface area (Å²) < 4.78 is 38.1. The first-order valence-corrected chi connectivity index (χ1v) is 7.04. The van der Waals surface area contributed by atoms with E-state index in [1.165, 1.54) is 0 Å². The zero-order valence-electron chi connectivity index (χ0n) is 11.9. The van der Waals surface area contributed by atoms with Crippen molar-refractivity contribution < 1.29 is 13.2 Å². The second-order valence-electron chi connectivity index (χ2n) is 5.59. The normalized spacial score (nSPS) is 16.6. The van der Waals surface area contributed by atoms with Gasteiger partial charge in [-0.1, -0.05) is 12.1 Å². The molecule has 0 bridgehead atoms. The molecule has 1 aliphatic rings. The Labute approximate surface area is 133 Å². The van der Waals surface area contributed by atoms with Gasteiger partial charge in [0, 0.05) is 24.5 Å². The molecule has 0 unspecified atom stereocenters. The fraction of sp³-hybridized carbons (Fsp3) is 0.375. The molecule has 0 radical (unpaired) electrons. The highest BCUT2D eigenvalue weighted by atomic mass is 35.5. The van der Waals surface area contributed by atoms with Gasteiger partial charge in [-0.2, -0.15) is 13.2 Å². The van der Waals surface area contributed by atoms with Gasteiger partial charge in [0.1, 0.15) is 0 Å². The van der Waals surface area contributed by atoms with Gasteiger partial charge in [-0.25, -0.2) is 0 Å². The van der Waals surface area contributed by atoms with E-state index in [0.29, 0.717) is 18.8 Å². The minimum Gasteiger partial charge on any atom is -0.399 e. The van der Waals surface area contributed by atoms with E-state index >= 15 is 0 Å². The molecule has 2 aromatic rings. The van der Waals surface area contributed by atoms with Crippen molar-refractivity contribution in [2.75, 3.05) is 23.7 Å². The molecule has 1 aliphatic heterocycles. The molecule has 1 heterocycles. The topological polar surface area (TPSA) is 29.3 Å². The quantitative estimate of drug-likeness (QED) is 0.773. The van der Waals surface area contributed by atoms with Crippen molar-refractivity contribution in [1.29, 1.82) is 0 Å². The summed E-state index contributed by atoms with van der Waals surface area (Å²) in [5.74, 6) is -1.16. The lowest BCUT2D eigenvalue weighted by Gasteiger charge is -2.34. The summed E-state index contributed by atoms with van der Waals surface area (Å²) in [4.78, 5) is 2.03. The number of nitrogens with two attached hydrogens (primary N) is 1. The summed E-state index contributed by atoms with van der Waals surface area (Å²) in [5, 5.41) is 2.10. The number of piperidine rings is 1. The van der Waals surface area contributed by atoms with Crippen molar-refractivity contribution in [3.05, 3.63) is 36.4 Å². The minimum atomic E-state index is -4.06. The van der Waals surface area contributed by atoms with Gasteiger partial charge in [-0.15, -0.1) is 12.4 Å². The average molecular weight is 331 g/mol. The zero-order valence-corrected chi connectivity index (χ0v) is 12.8. The van der Waals surface area contributed by atoms with Gasteiger partial charge in [0.15, 0.2) is 0 Å². The molecule has 0 spiro atoms. The van der Waals surface area contributed by atoms with E-state index in [9.17, 15) is 13.2 Å². The number of nitrogen functional groups attached to an aromatic ring is 1. The SMILES string of the molecule is Cl.Nc1ccc2cc(N3CCC(C(F)(F)F)CC3)ccc2c1. The fourth-order valence-corrected chi connectivity index (χ4v) is 2.91. The molecule has 1 fully saturated rings. The molecule has 1 saturated heterocycles. The number of anilines is 2. The molecule has 3 rings (SSSR count). The second kappa shape index (κ2) is 6.24. The van der Waals surface area contributed by atoms with Gasteiger partial charge in [-0.3, -0.25) is 0 Å². The Balaban J connectivity index is 0.00000176. The molecule has 0 amide bonds. The lowest BCUT2D eigenvalue weighted by molar-refractivity contribution is -0.179. The average Bonchev–Trinajstić information content (AvgIpc) is 2.46. The molecule has 0 aromatic heterocycles.